The molecule has 2 N–H and O–H groups in total. The maximum absolute atomic E-state index is 12.3. The van der Waals surface area contributed by atoms with Crippen LogP contribution in [0.2, 0.25) is 0 Å². The van der Waals surface area contributed by atoms with Crippen molar-refractivity contribution in [2.45, 2.75) is 26.2 Å². The van der Waals surface area contributed by atoms with Crippen LogP contribution in [0.3, 0.4) is 0 Å². The molecule has 1 aromatic heterocycles. The van der Waals surface area contributed by atoms with Crippen molar-refractivity contribution >= 4 is 12.1 Å². The first-order valence-electron chi connectivity index (χ1n) is 9.95. The number of amides is 1. The predicted octanol–water partition coefficient (Wildman–Crippen LogP) is 4.42. The monoisotopic (exact) mass is 406 g/mol. The minimum Gasteiger partial charge on any atom is -0.497 e. The molecule has 7 nitrogen and oxygen atoms in total. The van der Waals surface area contributed by atoms with Crippen LogP contribution in [0.4, 0.5) is 0 Å². The highest BCUT2D eigenvalue weighted by atomic mass is 16.5. The lowest BCUT2D eigenvalue weighted by atomic mass is 10.1. The fraction of sp³-hybridized carbons (Fsp3) is 0.261. The molecule has 1 heterocycles. The Balaban J connectivity index is 1.51. The third kappa shape index (κ3) is 5.94. The van der Waals surface area contributed by atoms with Crippen molar-refractivity contribution in [3.63, 3.8) is 0 Å². The fourth-order valence-electron chi connectivity index (χ4n) is 2.77. The summed E-state index contributed by atoms with van der Waals surface area (Å²) in [4.78, 5) is 12.3. The Labute approximate surface area is 176 Å². The van der Waals surface area contributed by atoms with Crippen LogP contribution in [-0.2, 0) is 0 Å². The molecule has 0 radical (unpaired) electrons. The number of carbonyl (C=O) groups is 1. The molecule has 0 aliphatic heterocycles. The number of hydrogen-bond acceptors (Lipinski definition) is 5. The van der Waals surface area contributed by atoms with Gasteiger partial charge in [0.25, 0.3) is 5.91 Å². The normalized spacial score (nSPS) is 10.9. The summed E-state index contributed by atoms with van der Waals surface area (Å²) in [6, 6.07) is 16.7. The maximum Gasteiger partial charge on any atom is 0.289 e. The van der Waals surface area contributed by atoms with Gasteiger partial charge in [-0.15, -0.1) is 0 Å². The van der Waals surface area contributed by atoms with Crippen LogP contribution < -0.4 is 14.9 Å². The van der Waals surface area contributed by atoms with Gasteiger partial charge in [-0.2, -0.15) is 10.2 Å². The van der Waals surface area contributed by atoms with Crippen molar-refractivity contribution in [3.05, 3.63) is 65.9 Å². The topological polar surface area (TPSA) is 88.6 Å². The predicted molar refractivity (Wildman–Crippen MR) is 117 cm³/mol. The number of ether oxygens (including phenoxy) is 2. The smallest absolute Gasteiger partial charge is 0.289 e. The van der Waals surface area contributed by atoms with Crippen LogP contribution in [0, 0.1) is 0 Å². The van der Waals surface area contributed by atoms with Crippen LogP contribution in [-0.4, -0.2) is 36.0 Å². The van der Waals surface area contributed by atoms with Crippen LogP contribution in [0.1, 0.15) is 42.2 Å². The van der Waals surface area contributed by atoms with Gasteiger partial charge in [0.05, 0.1) is 25.6 Å². The average molecular weight is 406 g/mol. The molecule has 1 amide bonds. The molecule has 0 atom stereocenters. The van der Waals surface area contributed by atoms with Gasteiger partial charge in [0.1, 0.15) is 17.2 Å². The zero-order valence-corrected chi connectivity index (χ0v) is 17.2. The highest BCUT2D eigenvalue weighted by Crippen LogP contribution is 2.21. The number of methoxy groups -OCH3 is 1. The summed E-state index contributed by atoms with van der Waals surface area (Å²) in [5.41, 5.74) is 5.24. The van der Waals surface area contributed by atoms with Gasteiger partial charge in [0.2, 0.25) is 0 Å². The Kier molecular flexibility index (Phi) is 7.60. The van der Waals surface area contributed by atoms with Crippen LogP contribution in [0.5, 0.6) is 11.5 Å². The summed E-state index contributed by atoms with van der Waals surface area (Å²) in [5.74, 6) is 1.22. The first kappa shape index (κ1) is 21.1. The molecule has 0 fully saturated rings. The summed E-state index contributed by atoms with van der Waals surface area (Å²) in [6.45, 7) is 2.89. The molecular weight excluding hydrogens is 380 g/mol. The quantitative estimate of drug-likeness (QED) is 0.296. The van der Waals surface area contributed by atoms with E-state index in [1.54, 1.807) is 19.4 Å². The van der Waals surface area contributed by atoms with Gasteiger partial charge in [-0.25, -0.2) is 5.43 Å². The van der Waals surface area contributed by atoms with E-state index >= 15 is 0 Å². The van der Waals surface area contributed by atoms with Gasteiger partial charge >= 0.3 is 0 Å². The lowest BCUT2D eigenvalue weighted by Gasteiger charge is -2.05. The van der Waals surface area contributed by atoms with E-state index in [-0.39, 0.29) is 5.91 Å². The number of H-pyrrole nitrogens is 1. The molecule has 0 spiro atoms. The Hall–Kier alpha value is -3.61. The first-order valence-corrected chi connectivity index (χ1v) is 9.95. The highest BCUT2D eigenvalue weighted by Gasteiger charge is 2.10. The van der Waals surface area contributed by atoms with Gasteiger partial charge in [-0.1, -0.05) is 19.8 Å². The number of unbranched alkanes of at least 4 members (excludes halogenated alkanes) is 2. The van der Waals surface area contributed by atoms with Crippen LogP contribution in [0.15, 0.2) is 59.7 Å². The number of aromatic amines is 1. The molecule has 0 bridgehead atoms. The highest BCUT2D eigenvalue weighted by molar-refractivity contribution is 5.94. The van der Waals surface area contributed by atoms with Crippen molar-refractivity contribution in [2.24, 2.45) is 5.10 Å². The van der Waals surface area contributed by atoms with E-state index in [1.165, 1.54) is 12.8 Å². The zero-order valence-electron chi connectivity index (χ0n) is 17.2. The van der Waals surface area contributed by atoms with Gasteiger partial charge in [0, 0.05) is 5.56 Å². The summed E-state index contributed by atoms with van der Waals surface area (Å²) < 4.78 is 10.8. The number of nitrogens with one attached hydrogen (secondary N) is 2. The Morgan fingerprint density at radius 2 is 1.83 bits per heavy atom. The number of nitrogens with zero attached hydrogens (tertiary/aromatic N) is 2. The second kappa shape index (κ2) is 10.8. The molecule has 3 rings (SSSR count). The van der Waals surface area contributed by atoms with Crippen molar-refractivity contribution in [1.29, 1.82) is 0 Å². The molecule has 0 unspecified atom stereocenters. The Morgan fingerprint density at radius 1 is 1.10 bits per heavy atom. The van der Waals surface area contributed by atoms with Crippen molar-refractivity contribution in [1.82, 2.24) is 15.6 Å². The van der Waals surface area contributed by atoms with E-state index in [1.807, 2.05) is 48.5 Å². The summed E-state index contributed by atoms with van der Waals surface area (Å²) in [5, 5.41) is 10.9. The molecule has 0 aliphatic rings. The van der Waals surface area contributed by atoms with Gasteiger partial charge in [-0.05, 0) is 66.6 Å². The summed E-state index contributed by atoms with van der Waals surface area (Å²) in [7, 11) is 1.61. The summed E-state index contributed by atoms with van der Waals surface area (Å²) in [6.07, 6.45) is 4.98. The lowest BCUT2D eigenvalue weighted by Crippen LogP contribution is -2.17. The van der Waals surface area contributed by atoms with Crippen LogP contribution >= 0.6 is 0 Å². The van der Waals surface area contributed by atoms with Crippen molar-refractivity contribution in [2.75, 3.05) is 13.7 Å². The Morgan fingerprint density at radius 3 is 2.53 bits per heavy atom. The molecule has 7 heteroatoms. The van der Waals surface area contributed by atoms with Gasteiger partial charge < -0.3 is 9.47 Å². The van der Waals surface area contributed by atoms with Gasteiger partial charge in [0.15, 0.2) is 0 Å². The van der Waals surface area contributed by atoms with E-state index < -0.39 is 0 Å². The number of carbonyl (C=O) groups excluding carboxylic acids is 1. The number of hydrogen-bond donors (Lipinski definition) is 2. The number of rotatable bonds is 10. The van der Waals surface area contributed by atoms with E-state index in [2.05, 4.69) is 27.6 Å². The van der Waals surface area contributed by atoms with Crippen molar-refractivity contribution in [3.8, 4) is 22.8 Å². The molecule has 0 saturated carbocycles. The third-order valence-electron chi connectivity index (χ3n) is 4.48. The number of benzene rings is 2. The molecule has 2 aromatic carbocycles. The second-order valence-electron chi connectivity index (χ2n) is 6.72. The standard InChI is InChI=1S/C23H26N4O3/c1-3-4-5-14-30-20-10-6-17(7-11-20)16-24-27-23(28)22-15-21(25-26-22)18-8-12-19(29-2)13-9-18/h6-13,15-16H,3-5,14H2,1-2H3,(H,25,26)(H,27,28)/b24-16-. The molecular formula is C23H26N4O3. The van der Waals surface area contributed by atoms with E-state index in [0.29, 0.717) is 11.4 Å². The van der Waals surface area contributed by atoms with E-state index in [4.69, 9.17) is 9.47 Å². The molecule has 0 saturated heterocycles. The van der Waals surface area contributed by atoms with E-state index in [0.717, 1.165) is 35.7 Å². The number of aromatic nitrogens is 2. The first-order chi connectivity index (χ1) is 14.7. The van der Waals surface area contributed by atoms with Gasteiger partial charge in [-0.3, -0.25) is 9.89 Å². The lowest BCUT2D eigenvalue weighted by molar-refractivity contribution is 0.0950. The maximum atomic E-state index is 12.3. The van der Waals surface area contributed by atoms with E-state index in [9.17, 15) is 4.79 Å². The van der Waals surface area contributed by atoms with Crippen LogP contribution in [0.25, 0.3) is 11.3 Å². The third-order valence-corrected chi connectivity index (χ3v) is 4.48. The second-order valence-corrected chi connectivity index (χ2v) is 6.72. The molecule has 3 aromatic rings. The minimum absolute atomic E-state index is 0.328. The minimum atomic E-state index is -0.366. The fourth-order valence-corrected chi connectivity index (χ4v) is 2.77. The molecule has 0 aliphatic carbocycles. The Bertz CT molecular complexity index is 963. The largest absolute Gasteiger partial charge is 0.497 e. The average Bonchev–Trinajstić information content (AvgIpc) is 3.28. The number of hydrazone groups is 1. The zero-order chi connectivity index (χ0) is 21.2. The van der Waals surface area contributed by atoms with Crippen molar-refractivity contribution < 1.29 is 14.3 Å². The SMILES string of the molecule is CCCCCOc1ccc(/C=N\NC(=O)c2cc(-c3ccc(OC)cc3)n[nH]2)cc1. The summed E-state index contributed by atoms with van der Waals surface area (Å²) >= 11 is 0. The molecule has 156 valence electrons. The molecule has 30 heavy (non-hydrogen) atoms.